The Morgan fingerprint density at radius 3 is 2.67 bits per heavy atom. The zero-order valence-electron chi connectivity index (χ0n) is 16.2. The van der Waals surface area contributed by atoms with Crippen LogP contribution < -0.4 is 10.0 Å². The Balaban J connectivity index is 1.49. The maximum Gasteiger partial charge on any atom is 0.253 e. The lowest BCUT2D eigenvalue weighted by Gasteiger charge is -2.36. The van der Waals surface area contributed by atoms with E-state index in [1.807, 2.05) is 0 Å². The van der Waals surface area contributed by atoms with E-state index in [9.17, 15) is 18.3 Å². The van der Waals surface area contributed by atoms with E-state index in [0.29, 0.717) is 29.8 Å². The number of nitrogens with one attached hydrogen (secondary N) is 2. The number of amides is 1. The van der Waals surface area contributed by atoms with Crippen molar-refractivity contribution in [2.45, 2.75) is 42.4 Å². The molecular weight excluding hydrogens is 430 g/mol. The third-order valence-corrected chi connectivity index (χ3v) is 6.65. The highest BCUT2D eigenvalue weighted by Gasteiger charge is 2.32. The Labute approximate surface area is 180 Å². The number of benzene rings is 1. The molecular formula is C20H24ClN3O5S. The Hall–Kier alpha value is -2.04. The van der Waals surface area contributed by atoms with E-state index >= 15 is 0 Å². The lowest BCUT2D eigenvalue weighted by molar-refractivity contribution is -0.0891. The van der Waals surface area contributed by atoms with Crippen molar-refractivity contribution < 1.29 is 23.1 Å². The van der Waals surface area contributed by atoms with Gasteiger partial charge >= 0.3 is 0 Å². The van der Waals surface area contributed by atoms with Gasteiger partial charge in [0, 0.05) is 24.0 Å². The second-order valence-corrected chi connectivity index (χ2v) is 9.22. The fourth-order valence-electron chi connectivity index (χ4n) is 3.31. The SMILES string of the molecule is O=C(N[C@H]1CC[C@@H](CCNS(=O)(=O)c2ccc(Cl)cc2)O[C@@H]1CO)c1cccnc1. The van der Waals surface area contributed by atoms with E-state index in [1.54, 1.807) is 18.3 Å². The molecule has 10 heteroatoms. The summed E-state index contributed by atoms with van der Waals surface area (Å²) in [5, 5.41) is 13.0. The molecule has 0 unspecified atom stereocenters. The van der Waals surface area contributed by atoms with Crippen molar-refractivity contribution in [1.29, 1.82) is 0 Å². The van der Waals surface area contributed by atoms with Crippen LogP contribution in [0.2, 0.25) is 5.02 Å². The van der Waals surface area contributed by atoms with Gasteiger partial charge in [-0.2, -0.15) is 0 Å². The summed E-state index contributed by atoms with van der Waals surface area (Å²) in [5.74, 6) is -0.274. The van der Waals surface area contributed by atoms with Crippen molar-refractivity contribution in [3.63, 3.8) is 0 Å². The summed E-state index contributed by atoms with van der Waals surface area (Å²) in [6.45, 7) is -0.0501. The first-order chi connectivity index (χ1) is 14.4. The summed E-state index contributed by atoms with van der Waals surface area (Å²) < 4.78 is 33.1. The van der Waals surface area contributed by atoms with Gasteiger partial charge in [-0.15, -0.1) is 0 Å². The highest BCUT2D eigenvalue weighted by atomic mass is 35.5. The van der Waals surface area contributed by atoms with Crippen LogP contribution in [0.25, 0.3) is 0 Å². The zero-order valence-corrected chi connectivity index (χ0v) is 17.8. The molecule has 2 heterocycles. The van der Waals surface area contributed by atoms with Crippen molar-refractivity contribution in [1.82, 2.24) is 15.0 Å². The second-order valence-electron chi connectivity index (χ2n) is 7.02. The summed E-state index contributed by atoms with van der Waals surface area (Å²) >= 11 is 5.79. The van der Waals surface area contributed by atoms with Gasteiger partial charge in [-0.1, -0.05) is 11.6 Å². The summed E-state index contributed by atoms with van der Waals surface area (Å²) in [6.07, 6.45) is 3.99. The van der Waals surface area contributed by atoms with Gasteiger partial charge in [0.15, 0.2) is 0 Å². The molecule has 2 aromatic rings. The normalized spacial score (nSPS) is 21.9. The van der Waals surface area contributed by atoms with Gasteiger partial charge in [-0.3, -0.25) is 9.78 Å². The molecule has 1 amide bonds. The van der Waals surface area contributed by atoms with E-state index in [0.717, 1.165) is 0 Å². The fraction of sp³-hybridized carbons (Fsp3) is 0.400. The number of aliphatic hydroxyl groups is 1. The molecule has 0 radical (unpaired) electrons. The predicted octanol–water partition coefficient (Wildman–Crippen LogP) is 1.74. The monoisotopic (exact) mass is 453 g/mol. The van der Waals surface area contributed by atoms with Crippen LogP contribution in [0.3, 0.4) is 0 Å². The van der Waals surface area contributed by atoms with Crippen LogP contribution in [0.15, 0.2) is 53.7 Å². The Bertz CT molecular complexity index is 941. The number of nitrogens with zero attached hydrogens (tertiary/aromatic N) is 1. The van der Waals surface area contributed by atoms with E-state index < -0.39 is 16.1 Å². The van der Waals surface area contributed by atoms with Crippen LogP contribution in [0.1, 0.15) is 29.6 Å². The van der Waals surface area contributed by atoms with Crippen LogP contribution in [-0.4, -0.2) is 55.8 Å². The number of hydrogen-bond donors (Lipinski definition) is 3. The standard InChI is InChI=1S/C20H24ClN3O5S/c21-15-3-6-17(7-4-15)30(27,28)23-11-9-16-5-8-18(19(13-25)29-16)24-20(26)14-2-1-10-22-12-14/h1-4,6-7,10,12,16,18-19,23,25H,5,8-9,11,13H2,(H,24,26)/t16-,18-,19+/m0/s1. The Morgan fingerprint density at radius 2 is 2.00 bits per heavy atom. The molecule has 0 bridgehead atoms. The summed E-state index contributed by atoms with van der Waals surface area (Å²) in [7, 11) is -3.63. The van der Waals surface area contributed by atoms with Crippen LogP contribution >= 0.6 is 11.6 Å². The molecule has 8 nitrogen and oxygen atoms in total. The Morgan fingerprint density at radius 1 is 1.23 bits per heavy atom. The zero-order chi connectivity index (χ0) is 21.6. The average Bonchev–Trinajstić information content (AvgIpc) is 2.75. The van der Waals surface area contributed by atoms with Crippen molar-refractivity contribution >= 4 is 27.5 Å². The molecule has 3 N–H and O–H groups in total. The predicted molar refractivity (Wildman–Crippen MR) is 112 cm³/mol. The van der Waals surface area contributed by atoms with Crippen molar-refractivity contribution in [2.24, 2.45) is 0 Å². The van der Waals surface area contributed by atoms with Crippen LogP contribution in [0.5, 0.6) is 0 Å². The van der Waals surface area contributed by atoms with Gasteiger partial charge in [0.1, 0.15) is 6.10 Å². The molecule has 3 atom stereocenters. The summed E-state index contributed by atoms with van der Waals surface area (Å²) in [5.41, 5.74) is 0.438. The quantitative estimate of drug-likeness (QED) is 0.560. The molecule has 1 aromatic heterocycles. The maximum absolute atomic E-state index is 12.3. The average molecular weight is 454 g/mol. The molecule has 0 aliphatic carbocycles. The van der Waals surface area contributed by atoms with E-state index in [1.165, 1.54) is 30.5 Å². The first kappa shape index (κ1) is 22.6. The number of carbonyl (C=O) groups is 1. The lowest BCUT2D eigenvalue weighted by atomic mass is 9.97. The number of aromatic nitrogens is 1. The van der Waals surface area contributed by atoms with Gasteiger partial charge in [-0.25, -0.2) is 13.1 Å². The van der Waals surface area contributed by atoms with E-state index in [4.69, 9.17) is 16.3 Å². The first-order valence-electron chi connectivity index (χ1n) is 9.61. The van der Waals surface area contributed by atoms with Crippen molar-refractivity contribution in [2.75, 3.05) is 13.2 Å². The lowest BCUT2D eigenvalue weighted by Crippen LogP contribution is -2.51. The molecule has 1 aliphatic heterocycles. The molecule has 0 saturated carbocycles. The van der Waals surface area contributed by atoms with E-state index in [-0.39, 0.29) is 36.1 Å². The molecule has 1 aromatic carbocycles. The first-order valence-corrected chi connectivity index (χ1v) is 11.5. The molecule has 0 spiro atoms. The molecule has 162 valence electrons. The number of pyridine rings is 1. The Kier molecular flexibility index (Phi) is 7.79. The van der Waals surface area contributed by atoms with Gasteiger partial charge in [0.05, 0.1) is 29.2 Å². The van der Waals surface area contributed by atoms with Crippen molar-refractivity contribution in [3.05, 3.63) is 59.4 Å². The van der Waals surface area contributed by atoms with Crippen molar-refractivity contribution in [3.8, 4) is 0 Å². The van der Waals surface area contributed by atoms with Gasteiger partial charge < -0.3 is 15.2 Å². The number of rotatable bonds is 8. The second kappa shape index (κ2) is 10.3. The molecule has 1 aliphatic rings. The number of aliphatic hydroxyl groups excluding tert-OH is 1. The number of sulfonamides is 1. The van der Waals surface area contributed by atoms with Gasteiger partial charge in [0.25, 0.3) is 5.91 Å². The van der Waals surface area contributed by atoms with Gasteiger partial charge in [-0.05, 0) is 55.7 Å². The number of carbonyl (C=O) groups excluding carboxylic acids is 1. The highest BCUT2D eigenvalue weighted by molar-refractivity contribution is 7.89. The maximum atomic E-state index is 12.3. The van der Waals surface area contributed by atoms with Crippen LogP contribution in [0, 0.1) is 0 Å². The molecule has 3 rings (SSSR count). The topological polar surface area (TPSA) is 118 Å². The largest absolute Gasteiger partial charge is 0.394 e. The van der Waals surface area contributed by atoms with E-state index in [2.05, 4.69) is 15.0 Å². The van der Waals surface area contributed by atoms with Gasteiger partial charge in [0.2, 0.25) is 10.0 Å². The molecule has 1 saturated heterocycles. The number of hydrogen-bond acceptors (Lipinski definition) is 6. The molecule has 1 fully saturated rings. The third-order valence-electron chi connectivity index (χ3n) is 4.92. The fourth-order valence-corrected chi connectivity index (χ4v) is 4.48. The summed E-state index contributed by atoms with van der Waals surface area (Å²) in [6, 6.07) is 8.94. The summed E-state index contributed by atoms with van der Waals surface area (Å²) in [4.78, 5) is 16.4. The minimum Gasteiger partial charge on any atom is -0.394 e. The number of ether oxygens (including phenoxy) is 1. The number of halogens is 1. The third kappa shape index (κ3) is 5.99. The van der Waals surface area contributed by atoms with Crippen LogP contribution in [-0.2, 0) is 14.8 Å². The van der Waals surface area contributed by atoms with Crippen LogP contribution in [0.4, 0.5) is 0 Å². The highest BCUT2D eigenvalue weighted by Crippen LogP contribution is 2.22. The minimum atomic E-state index is -3.63. The minimum absolute atomic E-state index is 0.142. The molecule has 30 heavy (non-hydrogen) atoms. The smallest absolute Gasteiger partial charge is 0.253 e.